The van der Waals surface area contributed by atoms with Gasteiger partial charge < -0.3 is 20.7 Å². The van der Waals surface area contributed by atoms with Crippen LogP contribution in [0.1, 0.15) is 45.4 Å². The van der Waals surface area contributed by atoms with Crippen LogP contribution in [0.15, 0.2) is 24.3 Å². The summed E-state index contributed by atoms with van der Waals surface area (Å²) in [6.45, 7) is 2.95. The van der Waals surface area contributed by atoms with Crippen molar-refractivity contribution in [3.8, 4) is 0 Å². The van der Waals surface area contributed by atoms with Gasteiger partial charge in [-0.15, -0.1) is 5.10 Å². The molecule has 1 aromatic carbocycles. The van der Waals surface area contributed by atoms with Crippen LogP contribution in [0, 0.1) is 12.8 Å². The highest BCUT2D eigenvalue weighted by Gasteiger charge is 2.39. The van der Waals surface area contributed by atoms with Gasteiger partial charge in [-0.2, -0.15) is 0 Å². The molecule has 142 valence electrons. The maximum absolute atomic E-state index is 12.4. The summed E-state index contributed by atoms with van der Waals surface area (Å²) in [5.41, 5.74) is 2.39. The average Bonchev–Trinajstić information content (AvgIpc) is 3.10. The molecule has 2 fully saturated rings. The molecule has 2 aliphatic heterocycles. The fraction of sp³-hybridized carbons (Fsp3) is 0.444. The number of rotatable bonds is 4. The van der Waals surface area contributed by atoms with Gasteiger partial charge in [0, 0.05) is 18.1 Å². The van der Waals surface area contributed by atoms with Crippen molar-refractivity contribution in [2.24, 2.45) is 5.92 Å². The molecule has 0 spiro atoms. The number of ether oxygens (including phenoxy) is 1. The standard InChI is InChI=1S/C18H21N5O3S/c1-10-14(27-23-22-10)9-19-16(24)12-6-4-11(5-7-12)15-13-3-2-8-26-17(13)21-18(25)20-15/h4-7,13,15,17H,2-3,8-9H2,1H3,(H,19,24)(H2,20,21,25)/t13-,15-,17-/m0/s1. The van der Waals surface area contributed by atoms with E-state index in [1.54, 1.807) is 12.1 Å². The molecule has 3 atom stereocenters. The van der Waals surface area contributed by atoms with E-state index >= 15 is 0 Å². The van der Waals surface area contributed by atoms with Crippen molar-refractivity contribution in [2.75, 3.05) is 6.61 Å². The molecule has 3 heterocycles. The number of benzene rings is 1. The molecule has 0 aliphatic carbocycles. The first-order chi connectivity index (χ1) is 13.1. The Balaban J connectivity index is 1.44. The molecule has 27 heavy (non-hydrogen) atoms. The molecule has 0 bridgehead atoms. The number of aromatic nitrogens is 2. The Hall–Kier alpha value is -2.52. The number of carbonyl (C=O) groups excluding carboxylic acids is 2. The number of nitrogens with zero attached hydrogens (tertiary/aromatic N) is 2. The summed E-state index contributed by atoms with van der Waals surface area (Å²) >= 11 is 1.28. The lowest BCUT2D eigenvalue weighted by Crippen LogP contribution is -2.58. The van der Waals surface area contributed by atoms with E-state index in [1.807, 2.05) is 19.1 Å². The SMILES string of the molecule is Cc1nnsc1CNC(=O)c1ccc([C@@H]2NC(=O)N[C@H]3OCCC[C@H]32)cc1. The topological polar surface area (TPSA) is 105 Å². The van der Waals surface area contributed by atoms with Gasteiger partial charge in [-0.1, -0.05) is 16.6 Å². The fourth-order valence-corrected chi connectivity index (χ4v) is 4.13. The predicted molar refractivity (Wildman–Crippen MR) is 99.1 cm³/mol. The van der Waals surface area contributed by atoms with Gasteiger partial charge in [-0.3, -0.25) is 4.79 Å². The molecule has 8 nitrogen and oxygen atoms in total. The summed E-state index contributed by atoms with van der Waals surface area (Å²) in [5.74, 6) is 0.0282. The Morgan fingerprint density at radius 2 is 2.15 bits per heavy atom. The lowest BCUT2D eigenvalue weighted by molar-refractivity contribution is -0.0602. The number of amides is 3. The summed E-state index contributed by atoms with van der Waals surface area (Å²) < 4.78 is 9.56. The van der Waals surface area contributed by atoms with Gasteiger partial charge in [0.25, 0.3) is 5.91 Å². The Kier molecular flexibility index (Phi) is 5.04. The zero-order valence-corrected chi connectivity index (χ0v) is 15.7. The van der Waals surface area contributed by atoms with Crippen molar-refractivity contribution in [1.82, 2.24) is 25.5 Å². The summed E-state index contributed by atoms with van der Waals surface area (Å²) in [6.07, 6.45) is 1.70. The van der Waals surface area contributed by atoms with Crippen LogP contribution in [-0.2, 0) is 11.3 Å². The number of urea groups is 1. The molecule has 0 unspecified atom stereocenters. The molecule has 0 saturated carbocycles. The lowest BCUT2D eigenvalue weighted by Gasteiger charge is -2.41. The van der Waals surface area contributed by atoms with Crippen LogP contribution in [0.5, 0.6) is 0 Å². The number of nitrogens with one attached hydrogen (secondary N) is 3. The summed E-state index contributed by atoms with van der Waals surface area (Å²) in [7, 11) is 0. The highest BCUT2D eigenvalue weighted by atomic mass is 32.1. The maximum Gasteiger partial charge on any atom is 0.317 e. The Labute approximate surface area is 160 Å². The van der Waals surface area contributed by atoms with E-state index < -0.39 is 0 Å². The second-order valence-electron chi connectivity index (χ2n) is 6.78. The van der Waals surface area contributed by atoms with Crippen molar-refractivity contribution in [3.05, 3.63) is 46.0 Å². The minimum absolute atomic E-state index is 0.118. The number of aryl methyl sites for hydroxylation is 1. The number of hydrogen-bond donors (Lipinski definition) is 3. The third-order valence-electron chi connectivity index (χ3n) is 5.04. The van der Waals surface area contributed by atoms with E-state index in [0.29, 0.717) is 18.7 Å². The fourth-order valence-electron chi connectivity index (χ4n) is 3.56. The Morgan fingerprint density at radius 1 is 1.33 bits per heavy atom. The highest BCUT2D eigenvalue weighted by molar-refractivity contribution is 7.05. The smallest absolute Gasteiger partial charge is 0.317 e. The largest absolute Gasteiger partial charge is 0.358 e. The zero-order valence-electron chi connectivity index (χ0n) is 14.9. The van der Waals surface area contributed by atoms with Crippen LogP contribution in [-0.4, -0.2) is 34.4 Å². The first kappa shape index (κ1) is 17.9. The maximum atomic E-state index is 12.4. The van der Waals surface area contributed by atoms with Gasteiger partial charge in [-0.05, 0) is 49.0 Å². The molecule has 0 radical (unpaired) electrons. The molecular weight excluding hydrogens is 366 g/mol. The van der Waals surface area contributed by atoms with E-state index in [0.717, 1.165) is 29.0 Å². The molecule has 4 rings (SSSR count). The monoisotopic (exact) mass is 387 g/mol. The minimum Gasteiger partial charge on any atom is -0.358 e. The van der Waals surface area contributed by atoms with Gasteiger partial charge in [0.1, 0.15) is 6.23 Å². The second kappa shape index (κ2) is 7.61. The normalized spacial score (nSPS) is 24.5. The van der Waals surface area contributed by atoms with Crippen molar-refractivity contribution >= 4 is 23.5 Å². The van der Waals surface area contributed by atoms with Crippen LogP contribution >= 0.6 is 11.5 Å². The van der Waals surface area contributed by atoms with E-state index in [1.165, 1.54) is 11.5 Å². The van der Waals surface area contributed by atoms with Gasteiger partial charge in [0.05, 0.1) is 23.2 Å². The van der Waals surface area contributed by atoms with E-state index in [2.05, 4.69) is 25.5 Å². The van der Waals surface area contributed by atoms with Gasteiger partial charge in [-0.25, -0.2) is 4.79 Å². The van der Waals surface area contributed by atoms with E-state index in [4.69, 9.17) is 4.74 Å². The van der Waals surface area contributed by atoms with E-state index in [-0.39, 0.29) is 30.1 Å². The van der Waals surface area contributed by atoms with Crippen LogP contribution < -0.4 is 16.0 Å². The molecule has 9 heteroatoms. The minimum atomic E-state index is -0.253. The summed E-state index contributed by atoms with van der Waals surface area (Å²) in [6, 6.07) is 7.03. The summed E-state index contributed by atoms with van der Waals surface area (Å²) in [4.78, 5) is 25.2. The molecule has 2 aliphatic rings. The second-order valence-corrected chi connectivity index (χ2v) is 7.62. The van der Waals surface area contributed by atoms with Crippen molar-refractivity contribution < 1.29 is 14.3 Å². The van der Waals surface area contributed by atoms with Crippen molar-refractivity contribution in [3.63, 3.8) is 0 Å². The first-order valence-electron chi connectivity index (χ1n) is 8.96. The van der Waals surface area contributed by atoms with Crippen LogP contribution in [0.2, 0.25) is 0 Å². The van der Waals surface area contributed by atoms with Crippen LogP contribution in [0.3, 0.4) is 0 Å². The van der Waals surface area contributed by atoms with Gasteiger partial charge in [0.2, 0.25) is 0 Å². The number of carbonyl (C=O) groups is 2. The third-order valence-corrected chi connectivity index (χ3v) is 5.87. The zero-order chi connectivity index (χ0) is 18.8. The quantitative estimate of drug-likeness (QED) is 0.743. The van der Waals surface area contributed by atoms with Gasteiger partial charge >= 0.3 is 6.03 Å². The van der Waals surface area contributed by atoms with E-state index in [9.17, 15) is 9.59 Å². The van der Waals surface area contributed by atoms with Crippen molar-refractivity contribution in [1.29, 1.82) is 0 Å². The molecule has 3 N–H and O–H groups in total. The summed E-state index contributed by atoms with van der Waals surface area (Å²) in [5, 5.41) is 12.6. The predicted octanol–water partition coefficient (Wildman–Crippen LogP) is 1.88. The molecule has 2 saturated heterocycles. The van der Waals surface area contributed by atoms with Crippen LogP contribution in [0.25, 0.3) is 0 Å². The van der Waals surface area contributed by atoms with Gasteiger partial charge in [0.15, 0.2) is 0 Å². The molecule has 3 amide bonds. The molecule has 1 aromatic heterocycles. The number of hydrogen-bond acceptors (Lipinski definition) is 6. The van der Waals surface area contributed by atoms with Crippen LogP contribution in [0.4, 0.5) is 4.79 Å². The Bertz CT molecular complexity index is 838. The molecule has 2 aromatic rings. The highest BCUT2D eigenvalue weighted by Crippen LogP contribution is 2.34. The number of fused-ring (bicyclic) bond motifs is 1. The molecular formula is C18H21N5O3S. The third kappa shape index (κ3) is 3.79. The average molecular weight is 387 g/mol. The Morgan fingerprint density at radius 3 is 2.89 bits per heavy atom. The van der Waals surface area contributed by atoms with Crippen molar-refractivity contribution in [2.45, 2.75) is 38.6 Å². The first-order valence-corrected chi connectivity index (χ1v) is 9.74. The lowest BCUT2D eigenvalue weighted by atomic mass is 9.85.